The summed E-state index contributed by atoms with van der Waals surface area (Å²) in [6, 6.07) is 23.8. The second-order valence-electron chi connectivity index (χ2n) is 4.93. The highest BCUT2D eigenvalue weighted by Gasteiger charge is 2.29. The van der Waals surface area contributed by atoms with E-state index in [0.717, 1.165) is 28.8 Å². The van der Waals surface area contributed by atoms with Crippen molar-refractivity contribution in [1.82, 2.24) is 0 Å². The lowest BCUT2D eigenvalue weighted by molar-refractivity contribution is -0.137. The van der Waals surface area contributed by atoms with Gasteiger partial charge in [0, 0.05) is 0 Å². The number of rotatable bonds is 2. The Balaban J connectivity index is 1.87. The van der Waals surface area contributed by atoms with E-state index in [4.69, 9.17) is 0 Å². The minimum absolute atomic E-state index is 0.642. The molecule has 0 bridgehead atoms. The van der Waals surface area contributed by atoms with Crippen LogP contribution < -0.4 is 0 Å². The summed E-state index contributed by atoms with van der Waals surface area (Å²) >= 11 is 0. The lowest BCUT2D eigenvalue weighted by Crippen LogP contribution is -2.03. The lowest BCUT2D eigenvalue weighted by atomic mass is 9.99. The smallest absolute Gasteiger partial charge is 0.166 e. The molecule has 0 aliphatic carbocycles. The molecule has 0 amide bonds. The zero-order chi connectivity index (χ0) is 15.6. The molecule has 109 valence electrons. The summed E-state index contributed by atoms with van der Waals surface area (Å²) in [5, 5.41) is 0. The minimum atomic E-state index is -4.31. The number of hydrogen-bond donors (Lipinski definition) is 0. The van der Waals surface area contributed by atoms with Crippen LogP contribution in [0.25, 0.3) is 22.3 Å². The van der Waals surface area contributed by atoms with Gasteiger partial charge in [0.25, 0.3) is 0 Å². The Morgan fingerprint density at radius 1 is 0.636 bits per heavy atom. The third-order valence-electron chi connectivity index (χ3n) is 3.44. The number of halogens is 3. The zero-order valence-corrected chi connectivity index (χ0v) is 11.6. The first kappa shape index (κ1) is 14.4. The van der Waals surface area contributed by atoms with Gasteiger partial charge in [0.1, 0.15) is 0 Å². The van der Waals surface area contributed by atoms with Gasteiger partial charge in [-0.2, -0.15) is 13.2 Å². The Kier molecular flexibility index (Phi) is 3.72. The molecule has 1 radical (unpaired) electrons. The molecule has 0 saturated carbocycles. The van der Waals surface area contributed by atoms with Crippen LogP contribution in [0.1, 0.15) is 5.56 Å². The van der Waals surface area contributed by atoms with Crippen LogP contribution in [0.3, 0.4) is 0 Å². The summed E-state index contributed by atoms with van der Waals surface area (Å²) in [6.45, 7) is 0. The summed E-state index contributed by atoms with van der Waals surface area (Å²) < 4.78 is 37.7. The van der Waals surface area contributed by atoms with E-state index in [1.165, 1.54) is 12.1 Å². The van der Waals surface area contributed by atoms with Crippen LogP contribution in [0.2, 0.25) is 0 Å². The van der Waals surface area contributed by atoms with Crippen molar-refractivity contribution >= 4 is 0 Å². The van der Waals surface area contributed by atoms with Crippen molar-refractivity contribution < 1.29 is 13.2 Å². The van der Waals surface area contributed by atoms with E-state index in [0.29, 0.717) is 5.56 Å². The van der Waals surface area contributed by atoms with E-state index in [9.17, 15) is 13.2 Å². The standard InChI is InChI=1S/C19H12F3/c20-19(21,22)18-12-10-17(11-13-18)16-8-6-15(7-9-16)14-4-2-1-3-5-14/h1-8,10-13H. The molecular weight excluding hydrogens is 285 g/mol. The Bertz CT molecular complexity index is 739. The number of hydrogen-bond acceptors (Lipinski definition) is 0. The molecule has 0 aliphatic rings. The largest absolute Gasteiger partial charge is 0.416 e. The van der Waals surface area contributed by atoms with Gasteiger partial charge in [-0.3, -0.25) is 0 Å². The van der Waals surface area contributed by atoms with Gasteiger partial charge in [0.2, 0.25) is 0 Å². The second-order valence-corrected chi connectivity index (χ2v) is 4.93. The van der Waals surface area contributed by atoms with E-state index >= 15 is 0 Å². The molecule has 0 saturated heterocycles. The van der Waals surface area contributed by atoms with E-state index in [2.05, 4.69) is 6.07 Å². The van der Waals surface area contributed by atoms with Gasteiger partial charge in [-0.25, -0.2) is 0 Å². The Hall–Kier alpha value is -2.55. The monoisotopic (exact) mass is 297 g/mol. The highest BCUT2D eigenvalue weighted by atomic mass is 19.4. The molecule has 3 aromatic rings. The van der Waals surface area contributed by atoms with Crippen LogP contribution >= 0.6 is 0 Å². The second kappa shape index (κ2) is 5.68. The third-order valence-corrected chi connectivity index (χ3v) is 3.44. The normalized spacial score (nSPS) is 11.4. The van der Waals surface area contributed by atoms with Gasteiger partial charge in [0.05, 0.1) is 5.56 Å². The first-order valence-corrected chi connectivity index (χ1v) is 6.79. The molecule has 0 spiro atoms. The van der Waals surface area contributed by atoms with Crippen molar-refractivity contribution in [3.05, 3.63) is 84.4 Å². The predicted molar refractivity (Wildman–Crippen MR) is 81.2 cm³/mol. The molecule has 0 unspecified atom stereocenters. The molecule has 0 N–H and O–H groups in total. The average Bonchev–Trinajstić information content (AvgIpc) is 2.55. The Morgan fingerprint density at radius 3 is 1.82 bits per heavy atom. The molecule has 0 atom stereocenters. The van der Waals surface area contributed by atoms with Gasteiger partial charge in [0.15, 0.2) is 0 Å². The maximum Gasteiger partial charge on any atom is 0.416 e. The fourth-order valence-electron chi connectivity index (χ4n) is 2.25. The van der Waals surface area contributed by atoms with E-state index in [1.54, 1.807) is 0 Å². The van der Waals surface area contributed by atoms with Gasteiger partial charge >= 0.3 is 6.18 Å². The Morgan fingerprint density at radius 2 is 1.27 bits per heavy atom. The molecule has 3 rings (SSSR count). The summed E-state index contributed by atoms with van der Waals surface area (Å²) in [4.78, 5) is 0. The minimum Gasteiger partial charge on any atom is -0.166 e. The highest BCUT2D eigenvalue weighted by Crippen LogP contribution is 2.31. The summed E-state index contributed by atoms with van der Waals surface area (Å²) in [6.07, 6.45) is -4.31. The average molecular weight is 297 g/mol. The van der Waals surface area contributed by atoms with Crippen LogP contribution in [-0.4, -0.2) is 0 Å². The van der Waals surface area contributed by atoms with Crippen LogP contribution in [0.5, 0.6) is 0 Å². The Labute approximate surface area is 126 Å². The summed E-state index contributed by atoms with van der Waals surface area (Å²) in [7, 11) is 0. The van der Waals surface area contributed by atoms with Gasteiger partial charge in [-0.15, -0.1) is 0 Å². The van der Waals surface area contributed by atoms with Crippen molar-refractivity contribution in [2.75, 3.05) is 0 Å². The van der Waals surface area contributed by atoms with Crippen molar-refractivity contribution in [2.24, 2.45) is 0 Å². The molecule has 3 heteroatoms. The summed E-state index contributed by atoms with van der Waals surface area (Å²) in [5.41, 5.74) is 2.95. The lowest BCUT2D eigenvalue weighted by Gasteiger charge is -2.08. The summed E-state index contributed by atoms with van der Waals surface area (Å²) in [5.74, 6) is 0. The zero-order valence-electron chi connectivity index (χ0n) is 11.6. The molecular formula is C19H12F3. The maximum absolute atomic E-state index is 12.6. The van der Waals surface area contributed by atoms with E-state index in [-0.39, 0.29) is 0 Å². The van der Waals surface area contributed by atoms with Crippen molar-refractivity contribution in [2.45, 2.75) is 6.18 Å². The van der Waals surface area contributed by atoms with Gasteiger partial charge < -0.3 is 0 Å². The highest BCUT2D eigenvalue weighted by molar-refractivity contribution is 5.69. The first-order chi connectivity index (χ1) is 10.5. The molecule has 3 aromatic carbocycles. The van der Waals surface area contributed by atoms with Crippen LogP contribution in [-0.2, 0) is 6.18 Å². The fourth-order valence-corrected chi connectivity index (χ4v) is 2.25. The van der Waals surface area contributed by atoms with Crippen LogP contribution in [0, 0.1) is 6.07 Å². The quantitative estimate of drug-likeness (QED) is 0.557. The molecule has 22 heavy (non-hydrogen) atoms. The third kappa shape index (κ3) is 3.03. The van der Waals surface area contributed by atoms with Crippen LogP contribution in [0.15, 0.2) is 72.8 Å². The first-order valence-electron chi connectivity index (χ1n) is 6.79. The predicted octanol–water partition coefficient (Wildman–Crippen LogP) is 5.84. The van der Waals surface area contributed by atoms with Crippen molar-refractivity contribution in [3.8, 4) is 22.3 Å². The SMILES string of the molecule is FC(F)(F)c1ccc(-c2[c]cc(-c3ccccc3)cc2)cc1. The number of alkyl halides is 3. The molecule has 0 fully saturated rings. The topological polar surface area (TPSA) is 0 Å². The molecule has 0 aromatic heterocycles. The number of benzene rings is 3. The van der Waals surface area contributed by atoms with E-state index in [1.807, 2.05) is 48.5 Å². The van der Waals surface area contributed by atoms with Crippen molar-refractivity contribution in [3.63, 3.8) is 0 Å². The maximum atomic E-state index is 12.6. The van der Waals surface area contributed by atoms with E-state index < -0.39 is 11.7 Å². The van der Waals surface area contributed by atoms with Gasteiger partial charge in [-0.1, -0.05) is 54.6 Å². The van der Waals surface area contributed by atoms with Crippen LogP contribution in [0.4, 0.5) is 13.2 Å². The molecule has 0 aliphatic heterocycles. The molecule has 0 nitrogen and oxygen atoms in total. The fraction of sp³-hybridized carbons (Fsp3) is 0.0526. The van der Waals surface area contributed by atoms with Gasteiger partial charge in [-0.05, 0) is 46.5 Å². The molecule has 0 heterocycles. The van der Waals surface area contributed by atoms with Crippen molar-refractivity contribution in [1.29, 1.82) is 0 Å².